The summed E-state index contributed by atoms with van der Waals surface area (Å²) in [4.78, 5) is 4.25. The minimum absolute atomic E-state index is 1.03. The smallest absolute Gasteiger partial charge is 0.362 e. The summed E-state index contributed by atoms with van der Waals surface area (Å²) < 4.78 is 23.7. The van der Waals surface area contributed by atoms with E-state index in [1.165, 1.54) is 21.3 Å². The van der Waals surface area contributed by atoms with Gasteiger partial charge in [0.15, 0.2) is 0 Å². The van der Waals surface area contributed by atoms with Crippen molar-refractivity contribution < 1.29 is 18.1 Å². The first kappa shape index (κ1) is 14.5. The summed E-state index contributed by atoms with van der Waals surface area (Å²) >= 11 is 0. The van der Waals surface area contributed by atoms with Crippen LogP contribution in [0.2, 0.25) is 0 Å². The number of hydrogen-bond donors (Lipinski definition) is 0. The van der Waals surface area contributed by atoms with Gasteiger partial charge in [-0.15, -0.1) is 0 Å². The Morgan fingerprint density at radius 3 is 1.40 bits per heavy atom. The molecule has 0 aromatic heterocycles. The zero-order chi connectivity index (χ0) is 11.9. The van der Waals surface area contributed by atoms with Gasteiger partial charge < -0.3 is 9.80 Å². The predicted molar refractivity (Wildman–Crippen MR) is 58.2 cm³/mol. The molecule has 0 bridgehead atoms. The highest BCUT2D eigenvalue weighted by atomic mass is 31.2. The summed E-state index contributed by atoms with van der Waals surface area (Å²) in [6, 6.07) is 0. The number of hydrogen-bond acceptors (Lipinski definition) is 6. The molecule has 90 valence electrons. The summed E-state index contributed by atoms with van der Waals surface area (Å²) in [5, 5.41) is 0. The molecule has 0 amide bonds. The van der Waals surface area contributed by atoms with Crippen LogP contribution in [0.25, 0.3) is 0 Å². The number of phosphoric acid groups is 1. The Labute approximate surface area is 91.0 Å². The second kappa shape index (κ2) is 6.85. The maximum Gasteiger partial charge on any atom is 0.473 e. The lowest BCUT2D eigenvalue weighted by Crippen LogP contribution is -2.17. The fourth-order valence-corrected chi connectivity index (χ4v) is 1.34. The molecule has 0 unspecified atom stereocenters. The highest BCUT2D eigenvalue weighted by Gasteiger charge is 2.18. The van der Waals surface area contributed by atoms with Crippen LogP contribution in [0.1, 0.15) is 0 Å². The number of nitrogens with zero attached hydrogens (tertiary/aromatic N) is 2. The Hall–Kier alpha value is -0.550. The molecule has 1 rings (SSSR count). The van der Waals surface area contributed by atoms with Gasteiger partial charge in [-0.2, -0.15) is 0 Å². The highest BCUT2D eigenvalue weighted by molar-refractivity contribution is 7.48. The molecule has 0 aromatic rings. The average Bonchev–Trinajstić information content (AvgIpc) is 2.62. The fourth-order valence-electron chi connectivity index (χ4n) is 0.897. The van der Waals surface area contributed by atoms with E-state index in [0.717, 1.165) is 6.67 Å². The Kier molecular flexibility index (Phi) is 6.60. The lowest BCUT2D eigenvalue weighted by atomic mass is 10.9. The molecule has 6 nitrogen and oxygen atoms in total. The first-order chi connectivity index (χ1) is 6.97. The molecule has 1 heterocycles. The average molecular weight is 238 g/mol. The van der Waals surface area contributed by atoms with E-state index in [-0.39, 0.29) is 0 Å². The molecule has 0 spiro atoms. The summed E-state index contributed by atoms with van der Waals surface area (Å²) in [6.07, 6.45) is 4.11. The molecule has 0 saturated carbocycles. The van der Waals surface area contributed by atoms with Gasteiger partial charge in [0.05, 0.1) is 6.67 Å². The largest absolute Gasteiger partial charge is 0.473 e. The molecular weight excluding hydrogens is 219 g/mol. The predicted octanol–water partition coefficient (Wildman–Crippen LogP) is 1.33. The number of phosphoric ester groups is 1. The minimum Gasteiger partial charge on any atom is -0.362 e. The van der Waals surface area contributed by atoms with Gasteiger partial charge in [-0.1, -0.05) is 0 Å². The molecular formula is C8H19N2O4P. The molecule has 0 radical (unpaired) electrons. The Morgan fingerprint density at radius 1 is 1.00 bits per heavy atom. The second-order valence-corrected chi connectivity index (χ2v) is 4.94. The first-order valence-corrected chi connectivity index (χ1v) is 5.79. The van der Waals surface area contributed by atoms with Crippen molar-refractivity contribution in [1.82, 2.24) is 9.80 Å². The monoisotopic (exact) mass is 238 g/mol. The van der Waals surface area contributed by atoms with Gasteiger partial charge in [-0.3, -0.25) is 13.6 Å². The van der Waals surface area contributed by atoms with Gasteiger partial charge in [-0.25, -0.2) is 4.57 Å². The molecule has 1 aliphatic rings. The van der Waals surface area contributed by atoms with Crippen molar-refractivity contribution in [3.8, 4) is 0 Å². The number of rotatable bonds is 3. The van der Waals surface area contributed by atoms with E-state index < -0.39 is 7.82 Å². The van der Waals surface area contributed by atoms with Crippen LogP contribution in [0.15, 0.2) is 12.4 Å². The van der Waals surface area contributed by atoms with Crippen molar-refractivity contribution >= 4 is 7.82 Å². The van der Waals surface area contributed by atoms with Gasteiger partial charge in [0.1, 0.15) is 0 Å². The van der Waals surface area contributed by atoms with Crippen LogP contribution in [-0.4, -0.2) is 51.9 Å². The van der Waals surface area contributed by atoms with E-state index in [1.54, 1.807) is 0 Å². The SMILES string of the molecule is CN1C=CN(C)C1.COP(=O)(OC)OC. The zero-order valence-electron chi connectivity index (χ0n) is 9.84. The van der Waals surface area contributed by atoms with Crippen LogP contribution in [0.3, 0.4) is 0 Å². The van der Waals surface area contributed by atoms with Crippen LogP contribution >= 0.6 is 7.82 Å². The summed E-state index contributed by atoms with van der Waals surface area (Å²) in [7, 11) is 4.72. The lowest BCUT2D eigenvalue weighted by molar-refractivity contribution is 0.178. The van der Waals surface area contributed by atoms with Crippen LogP contribution in [0.5, 0.6) is 0 Å². The first-order valence-electron chi connectivity index (χ1n) is 4.33. The molecule has 0 saturated heterocycles. The van der Waals surface area contributed by atoms with E-state index in [1.807, 2.05) is 0 Å². The minimum atomic E-state index is -3.16. The van der Waals surface area contributed by atoms with E-state index in [2.05, 4.69) is 49.9 Å². The molecule has 0 aliphatic carbocycles. The zero-order valence-corrected chi connectivity index (χ0v) is 10.7. The summed E-state index contributed by atoms with van der Waals surface area (Å²) in [5.41, 5.74) is 0. The van der Waals surface area contributed by atoms with Gasteiger partial charge in [0.2, 0.25) is 0 Å². The van der Waals surface area contributed by atoms with Crippen LogP contribution in [-0.2, 0) is 18.1 Å². The standard InChI is InChI=1S/C5H10N2.C3H9O4P/c1-6-3-4-7(2)5-6;1-5-8(4,6-2)7-3/h3-4H,5H2,1-2H3;1-3H3. The van der Waals surface area contributed by atoms with E-state index >= 15 is 0 Å². The topological polar surface area (TPSA) is 51.2 Å². The van der Waals surface area contributed by atoms with E-state index in [9.17, 15) is 4.57 Å². The van der Waals surface area contributed by atoms with Crippen molar-refractivity contribution in [2.24, 2.45) is 0 Å². The molecule has 7 heteroatoms. The van der Waals surface area contributed by atoms with Crippen molar-refractivity contribution in [1.29, 1.82) is 0 Å². The van der Waals surface area contributed by atoms with Crippen molar-refractivity contribution in [2.45, 2.75) is 0 Å². The highest BCUT2D eigenvalue weighted by Crippen LogP contribution is 2.46. The Balaban J connectivity index is 0.000000262. The quantitative estimate of drug-likeness (QED) is 0.691. The third kappa shape index (κ3) is 5.79. The molecule has 0 fully saturated rings. The van der Waals surface area contributed by atoms with Crippen LogP contribution < -0.4 is 0 Å². The molecule has 15 heavy (non-hydrogen) atoms. The summed E-state index contributed by atoms with van der Waals surface area (Å²) in [6.45, 7) is 1.03. The third-order valence-corrected chi connectivity index (χ3v) is 3.03. The normalized spacial score (nSPS) is 15.3. The molecule has 1 aliphatic heterocycles. The van der Waals surface area contributed by atoms with Gasteiger partial charge in [0.25, 0.3) is 0 Å². The Bertz CT molecular complexity index is 218. The van der Waals surface area contributed by atoms with Crippen molar-refractivity contribution in [3.63, 3.8) is 0 Å². The maximum atomic E-state index is 10.7. The third-order valence-electron chi connectivity index (χ3n) is 1.69. The van der Waals surface area contributed by atoms with Crippen molar-refractivity contribution in [2.75, 3.05) is 42.1 Å². The van der Waals surface area contributed by atoms with Crippen LogP contribution in [0.4, 0.5) is 0 Å². The molecule has 0 aromatic carbocycles. The van der Waals surface area contributed by atoms with Gasteiger partial charge >= 0.3 is 7.82 Å². The lowest BCUT2D eigenvalue weighted by Gasteiger charge is -2.10. The molecule has 0 N–H and O–H groups in total. The second-order valence-electron chi connectivity index (χ2n) is 2.95. The van der Waals surface area contributed by atoms with Crippen molar-refractivity contribution in [3.05, 3.63) is 12.4 Å². The maximum absolute atomic E-state index is 10.7. The Morgan fingerprint density at radius 2 is 1.33 bits per heavy atom. The van der Waals surface area contributed by atoms with E-state index in [4.69, 9.17) is 0 Å². The van der Waals surface area contributed by atoms with E-state index in [0.29, 0.717) is 0 Å². The van der Waals surface area contributed by atoms with Gasteiger partial charge in [-0.05, 0) is 0 Å². The molecule has 0 atom stereocenters. The summed E-state index contributed by atoms with van der Waals surface area (Å²) in [5.74, 6) is 0. The van der Waals surface area contributed by atoms with Gasteiger partial charge in [0, 0.05) is 47.8 Å². The fraction of sp³-hybridized carbons (Fsp3) is 0.750. The van der Waals surface area contributed by atoms with Crippen LogP contribution in [0, 0.1) is 0 Å².